The second kappa shape index (κ2) is 6.39. The van der Waals surface area contributed by atoms with Gasteiger partial charge in [0.2, 0.25) is 5.09 Å². The molecular formula is C14H21NO6S. The first kappa shape index (κ1) is 17.0. The van der Waals surface area contributed by atoms with Crippen LogP contribution >= 0.6 is 0 Å². The Kier molecular flexibility index (Phi) is 4.93. The second-order valence-electron chi connectivity index (χ2n) is 5.36. The Morgan fingerprint density at radius 1 is 1.36 bits per heavy atom. The Balaban J connectivity index is 2.50. The summed E-state index contributed by atoms with van der Waals surface area (Å²) in [7, 11) is -1.26. The molecule has 1 aliphatic rings. The number of carbonyl (C=O) groups excluding carboxylic acids is 1. The number of aryl methyl sites for hydroxylation is 1. The third-order valence-electron chi connectivity index (χ3n) is 3.89. The van der Waals surface area contributed by atoms with Gasteiger partial charge in [-0.1, -0.05) is 0 Å². The van der Waals surface area contributed by atoms with E-state index in [4.69, 9.17) is 13.9 Å². The van der Waals surface area contributed by atoms with Gasteiger partial charge in [-0.2, -0.15) is 4.31 Å². The molecule has 1 saturated heterocycles. The van der Waals surface area contributed by atoms with Crippen LogP contribution in [0.5, 0.6) is 0 Å². The normalized spacial score (nSPS) is 23.4. The highest BCUT2D eigenvalue weighted by molar-refractivity contribution is 7.89. The molecule has 0 spiro atoms. The monoisotopic (exact) mass is 331 g/mol. The molecule has 1 unspecified atom stereocenters. The molecule has 1 aromatic heterocycles. The van der Waals surface area contributed by atoms with Crippen LogP contribution in [0.1, 0.15) is 25.0 Å². The van der Waals surface area contributed by atoms with Crippen molar-refractivity contribution in [1.82, 2.24) is 4.31 Å². The van der Waals surface area contributed by atoms with E-state index in [1.54, 1.807) is 13.0 Å². The highest BCUT2D eigenvalue weighted by atomic mass is 32.2. The van der Waals surface area contributed by atoms with Crippen LogP contribution in [0.3, 0.4) is 0 Å². The number of methoxy groups -OCH3 is 2. The standard InChI is InChI=1S/C14H21NO6S/c1-11-6-7-12(21-11)22(17,18)15-9-5-4-8-14(15,10-19-2)13(16)20-3/h6-7H,4-5,8-10H2,1-3H3. The second-order valence-corrected chi connectivity index (χ2v) is 7.15. The fourth-order valence-corrected chi connectivity index (χ4v) is 4.60. The van der Waals surface area contributed by atoms with Crippen LogP contribution in [0, 0.1) is 6.92 Å². The maximum atomic E-state index is 12.9. The van der Waals surface area contributed by atoms with E-state index in [-0.39, 0.29) is 18.2 Å². The number of nitrogens with zero attached hydrogens (tertiary/aromatic N) is 1. The van der Waals surface area contributed by atoms with Gasteiger partial charge in [-0.05, 0) is 38.3 Å². The summed E-state index contributed by atoms with van der Waals surface area (Å²) in [6, 6.07) is 2.97. The fourth-order valence-electron chi connectivity index (χ4n) is 2.86. The topological polar surface area (TPSA) is 86.0 Å². The van der Waals surface area contributed by atoms with E-state index in [1.807, 2.05) is 0 Å². The molecule has 0 saturated carbocycles. The van der Waals surface area contributed by atoms with Gasteiger partial charge in [-0.15, -0.1) is 0 Å². The van der Waals surface area contributed by atoms with E-state index < -0.39 is 21.5 Å². The average molecular weight is 331 g/mol. The zero-order valence-electron chi connectivity index (χ0n) is 13.0. The van der Waals surface area contributed by atoms with Crippen molar-refractivity contribution in [2.24, 2.45) is 0 Å². The summed E-state index contributed by atoms with van der Waals surface area (Å²) >= 11 is 0. The van der Waals surface area contributed by atoms with Crippen LogP contribution in [0.4, 0.5) is 0 Å². The van der Waals surface area contributed by atoms with Gasteiger partial charge >= 0.3 is 5.97 Å². The number of sulfonamides is 1. The fraction of sp³-hybridized carbons (Fsp3) is 0.643. The summed E-state index contributed by atoms with van der Waals surface area (Å²) in [4.78, 5) is 12.3. The molecular weight excluding hydrogens is 310 g/mol. The van der Waals surface area contributed by atoms with Crippen LogP contribution in [0.2, 0.25) is 0 Å². The van der Waals surface area contributed by atoms with Crippen molar-refractivity contribution in [3.05, 3.63) is 17.9 Å². The number of esters is 1. The lowest BCUT2D eigenvalue weighted by Crippen LogP contribution is -2.62. The predicted molar refractivity (Wildman–Crippen MR) is 77.8 cm³/mol. The highest BCUT2D eigenvalue weighted by Gasteiger charge is 2.53. The maximum absolute atomic E-state index is 12.9. The molecule has 1 aromatic rings. The number of piperidine rings is 1. The van der Waals surface area contributed by atoms with E-state index in [9.17, 15) is 13.2 Å². The molecule has 0 amide bonds. The molecule has 0 bridgehead atoms. The van der Waals surface area contributed by atoms with Crippen LogP contribution in [0.15, 0.2) is 21.6 Å². The first-order chi connectivity index (χ1) is 10.4. The molecule has 0 N–H and O–H groups in total. The average Bonchev–Trinajstić information content (AvgIpc) is 2.94. The van der Waals surface area contributed by atoms with Gasteiger partial charge in [-0.3, -0.25) is 0 Å². The van der Waals surface area contributed by atoms with Crippen LogP contribution in [-0.4, -0.2) is 51.6 Å². The Bertz CT molecular complexity index is 634. The van der Waals surface area contributed by atoms with Crippen molar-refractivity contribution < 1.29 is 27.1 Å². The minimum absolute atomic E-state index is 0.0570. The predicted octanol–water partition coefficient (Wildman–Crippen LogP) is 1.32. The number of rotatable bonds is 5. The third-order valence-corrected chi connectivity index (χ3v) is 5.73. The number of hydrogen-bond acceptors (Lipinski definition) is 6. The summed E-state index contributed by atoms with van der Waals surface area (Å²) in [6.07, 6.45) is 1.75. The molecule has 7 nitrogen and oxygen atoms in total. The summed E-state index contributed by atoms with van der Waals surface area (Å²) < 4.78 is 42.2. The summed E-state index contributed by atoms with van der Waals surface area (Å²) in [5.41, 5.74) is -1.35. The van der Waals surface area contributed by atoms with Gasteiger partial charge < -0.3 is 13.9 Å². The van der Waals surface area contributed by atoms with E-state index >= 15 is 0 Å². The zero-order valence-corrected chi connectivity index (χ0v) is 13.8. The molecule has 0 radical (unpaired) electrons. The van der Waals surface area contributed by atoms with Crippen molar-refractivity contribution in [2.45, 2.75) is 36.8 Å². The minimum atomic E-state index is -3.94. The van der Waals surface area contributed by atoms with Gasteiger partial charge in [0.05, 0.1) is 13.7 Å². The smallest absolute Gasteiger partial charge is 0.329 e. The van der Waals surface area contributed by atoms with E-state index in [0.29, 0.717) is 18.6 Å². The molecule has 2 rings (SSSR count). The van der Waals surface area contributed by atoms with Gasteiger partial charge in [0.1, 0.15) is 5.76 Å². The highest BCUT2D eigenvalue weighted by Crippen LogP contribution is 2.35. The van der Waals surface area contributed by atoms with Crippen LogP contribution in [0.25, 0.3) is 0 Å². The van der Waals surface area contributed by atoms with Crippen molar-refractivity contribution in [3.63, 3.8) is 0 Å². The van der Waals surface area contributed by atoms with Crippen molar-refractivity contribution in [3.8, 4) is 0 Å². The van der Waals surface area contributed by atoms with Gasteiger partial charge in [0.15, 0.2) is 5.54 Å². The number of carbonyl (C=O) groups is 1. The van der Waals surface area contributed by atoms with E-state index in [2.05, 4.69) is 0 Å². The Hall–Kier alpha value is -1.38. The molecule has 1 fully saturated rings. The summed E-state index contributed by atoms with van der Waals surface area (Å²) in [5.74, 6) is -0.119. The van der Waals surface area contributed by atoms with Crippen molar-refractivity contribution in [2.75, 3.05) is 27.4 Å². The SMILES string of the molecule is COCC1(C(=O)OC)CCCCN1S(=O)(=O)c1ccc(C)o1. The summed E-state index contributed by atoms with van der Waals surface area (Å²) in [5, 5.41) is -0.170. The minimum Gasteiger partial charge on any atom is -0.468 e. The molecule has 1 atom stereocenters. The Morgan fingerprint density at radius 2 is 2.09 bits per heavy atom. The molecule has 2 heterocycles. The first-order valence-electron chi connectivity index (χ1n) is 7.05. The lowest BCUT2D eigenvalue weighted by Gasteiger charge is -2.42. The number of furan rings is 1. The molecule has 22 heavy (non-hydrogen) atoms. The lowest BCUT2D eigenvalue weighted by atomic mass is 9.89. The Labute approximate surface area is 130 Å². The van der Waals surface area contributed by atoms with Crippen molar-refractivity contribution >= 4 is 16.0 Å². The van der Waals surface area contributed by atoms with E-state index in [1.165, 1.54) is 20.3 Å². The number of ether oxygens (including phenoxy) is 2. The first-order valence-corrected chi connectivity index (χ1v) is 8.49. The molecule has 1 aliphatic heterocycles. The third kappa shape index (κ3) is 2.78. The van der Waals surface area contributed by atoms with Crippen LogP contribution < -0.4 is 0 Å². The Morgan fingerprint density at radius 3 is 2.64 bits per heavy atom. The van der Waals surface area contributed by atoms with Crippen LogP contribution in [-0.2, 0) is 24.3 Å². The maximum Gasteiger partial charge on any atom is 0.329 e. The van der Waals surface area contributed by atoms with Gasteiger partial charge in [0, 0.05) is 13.7 Å². The van der Waals surface area contributed by atoms with E-state index in [0.717, 1.165) is 10.7 Å². The number of hydrogen-bond donors (Lipinski definition) is 0. The molecule has 8 heteroatoms. The summed E-state index contributed by atoms with van der Waals surface area (Å²) in [6.45, 7) is 1.83. The quantitative estimate of drug-likeness (QED) is 0.757. The molecule has 0 aliphatic carbocycles. The lowest BCUT2D eigenvalue weighted by molar-refractivity contribution is -0.157. The molecule has 124 valence electrons. The molecule has 0 aromatic carbocycles. The van der Waals surface area contributed by atoms with Gasteiger partial charge in [-0.25, -0.2) is 13.2 Å². The zero-order chi connectivity index (χ0) is 16.4. The van der Waals surface area contributed by atoms with Crippen molar-refractivity contribution in [1.29, 1.82) is 0 Å². The largest absolute Gasteiger partial charge is 0.468 e. The van der Waals surface area contributed by atoms with Gasteiger partial charge in [0.25, 0.3) is 10.0 Å².